The molecule has 3 rings (SSSR count). The van der Waals surface area contributed by atoms with Gasteiger partial charge >= 0.3 is 6.03 Å². The number of methoxy groups -OCH3 is 1. The number of benzene rings is 1. The Kier molecular flexibility index (Phi) is 5.10. The molecule has 0 saturated carbocycles. The number of nitrogens with one attached hydrogen (secondary N) is 2. The second-order valence-electron chi connectivity index (χ2n) is 5.63. The van der Waals surface area contributed by atoms with E-state index in [1.54, 1.807) is 31.6 Å². The summed E-state index contributed by atoms with van der Waals surface area (Å²) in [5.74, 6) is 1.40. The lowest BCUT2D eigenvalue weighted by Crippen LogP contribution is -2.31. The Morgan fingerprint density at radius 1 is 1.08 bits per heavy atom. The van der Waals surface area contributed by atoms with E-state index in [1.807, 2.05) is 12.1 Å². The van der Waals surface area contributed by atoms with Crippen LogP contribution in [0.2, 0.25) is 0 Å². The minimum atomic E-state index is -0.349. The first-order valence-corrected chi connectivity index (χ1v) is 8.03. The molecule has 126 valence electrons. The summed E-state index contributed by atoms with van der Waals surface area (Å²) in [6.07, 6.45) is 6.86. The van der Waals surface area contributed by atoms with Crippen LogP contribution in [-0.4, -0.2) is 36.2 Å². The fraction of sp³-hybridized carbons (Fsp3) is 0.353. The van der Waals surface area contributed by atoms with Gasteiger partial charge in [0.15, 0.2) is 0 Å². The number of amides is 2. The monoisotopic (exact) mass is 327 g/mol. The predicted molar refractivity (Wildman–Crippen MR) is 93.7 cm³/mol. The molecule has 1 aliphatic heterocycles. The highest BCUT2D eigenvalue weighted by molar-refractivity contribution is 5.99. The molecule has 1 aliphatic rings. The maximum atomic E-state index is 12.0. The zero-order valence-corrected chi connectivity index (χ0v) is 13.7. The van der Waals surface area contributed by atoms with Gasteiger partial charge in [-0.05, 0) is 31.4 Å². The van der Waals surface area contributed by atoms with E-state index in [2.05, 4.69) is 25.5 Å². The SMILES string of the molecule is COc1cccc(NC(=O)Nc2cnc(N3CCCCC3)nc2)c1. The number of carbonyl (C=O) groups is 1. The van der Waals surface area contributed by atoms with Gasteiger partial charge in [0.05, 0.1) is 25.2 Å². The first-order chi connectivity index (χ1) is 11.7. The lowest BCUT2D eigenvalue weighted by atomic mass is 10.1. The van der Waals surface area contributed by atoms with Crippen molar-refractivity contribution in [3.63, 3.8) is 0 Å². The summed E-state index contributed by atoms with van der Waals surface area (Å²) < 4.78 is 5.13. The second kappa shape index (κ2) is 7.63. The summed E-state index contributed by atoms with van der Waals surface area (Å²) in [4.78, 5) is 22.9. The third kappa shape index (κ3) is 4.13. The Balaban J connectivity index is 1.57. The number of aromatic nitrogens is 2. The van der Waals surface area contributed by atoms with Crippen LogP contribution in [0.5, 0.6) is 5.75 Å². The van der Waals surface area contributed by atoms with Gasteiger partial charge in [0.1, 0.15) is 5.75 Å². The Bertz CT molecular complexity index is 684. The molecule has 7 heteroatoms. The Morgan fingerprint density at radius 3 is 2.50 bits per heavy atom. The highest BCUT2D eigenvalue weighted by Gasteiger charge is 2.13. The standard InChI is InChI=1S/C17H21N5O2/c1-24-15-7-5-6-13(10-15)20-17(23)21-14-11-18-16(19-12-14)22-8-3-2-4-9-22/h5-7,10-12H,2-4,8-9H2,1H3,(H2,20,21,23). The van der Waals surface area contributed by atoms with E-state index in [-0.39, 0.29) is 6.03 Å². The van der Waals surface area contributed by atoms with Gasteiger partial charge in [-0.3, -0.25) is 0 Å². The van der Waals surface area contributed by atoms with Crippen LogP contribution in [0.15, 0.2) is 36.7 Å². The van der Waals surface area contributed by atoms with Crippen LogP contribution in [0.4, 0.5) is 22.1 Å². The average molecular weight is 327 g/mol. The summed E-state index contributed by atoms with van der Waals surface area (Å²) in [6.45, 7) is 1.98. The second-order valence-corrected chi connectivity index (χ2v) is 5.63. The highest BCUT2D eigenvalue weighted by Crippen LogP contribution is 2.18. The van der Waals surface area contributed by atoms with Gasteiger partial charge in [-0.1, -0.05) is 6.07 Å². The summed E-state index contributed by atoms with van der Waals surface area (Å²) in [5, 5.41) is 5.47. The molecule has 0 bridgehead atoms. The fourth-order valence-corrected chi connectivity index (χ4v) is 2.64. The van der Waals surface area contributed by atoms with Gasteiger partial charge in [0, 0.05) is 24.8 Å². The van der Waals surface area contributed by atoms with Crippen molar-refractivity contribution in [1.29, 1.82) is 0 Å². The third-order valence-electron chi connectivity index (χ3n) is 3.86. The van der Waals surface area contributed by atoms with Crippen molar-refractivity contribution in [3.8, 4) is 5.75 Å². The van der Waals surface area contributed by atoms with E-state index < -0.39 is 0 Å². The first-order valence-electron chi connectivity index (χ1n) is 8.03. The minimum absolute atomic E-state index is 0.349. The van der Waals surface area contributed by atoms with Crippen molar-refractivity contribution < 1.29 is 9.53 Å². The maximum Gasteiger partial charge on any atom is 0.323 e. The number of rotatable bonds is 4. The van der Waals surface area contributed by atoms with Gasteiger partial charge in [0.2, 0.25) is 5.95 Å². The summed E-state index contributed by atoms with van der Waals surface area (Å²) in [7, 11) is 1.58. The molecule has 1 aromatic heterocycles. The lowest BCUT2D eigenvalue weighted by molar-refractivity contribution is 0.262. The highest BCUT2D eigenvalue weighted by atomic mass is 16.5. The number of hydrogen-bond acceptors (Lipinski definition) is 5. The van der Waals surface area contributed by atoms with Gasteiger partial charge in [-0.2, -0.15) is 0 Å². The molecular weight excluding hydrogens is 306 g/mol. The minimum Gasteiger partial charge on any atom is -0.497 e. The molecule has 0 spiro atoms. The molecule has 2 N–H and O–H groups in total. The zero-order valence-electron chi connectivity index (χ0n) is 13.7. The summed E-state index contributed by atoms with van der Waals surface area (Å²) >= 11 is 0. The molecule has 0 atom stereocenters. The molecule has 1 saturated heterocycles. The van der Waals surface area contributed by atoms with Crippen LogP contribution in [0.1, 0.15) is 19.3 Å². The smallest absolute Gasteiger partial charge is 0.323 e. The molecular formula is C17H21N5O2. The number of hydrogen-bond donors (Lipinski definition) is 2. The Hall–Kier alpha value is -2.83. The van der Waals surface area contributed by atoms with E-state index in [0.29, 0.717) is 23.1 Å². The molecule has 2 aromatic rings. The maximum absolute atomic E-state index is 12.0. The summed E-state index contributed by atoms with van der Waals surface area (Å²) in [6, 6.07) is 6.81. The Labute approximate surface area is 141 Å². The van der Waals surface area contributed by atoms with E-state index in [0.717, 1.165) is 13.1 Å². The van der Waals surface area contributed by atoms with Crippen LogP contribution in [0.25, 0.3) is 0 Å². The van der Waals surface area contributed by atoms with Crippen molar-refractivity contribution >= 4 is 23.4 Å². The van der Waals surface area contributed by atoms with Crippen LogP contribution in [-0.2, 0) is 0 Å². The number of piperidine rings is 1. The van der Waals surface area contributed by atoms with Crippen LogP contribution in [0.3, 0.4) is 0 Å². The number of urea groups is 1. The van der Waals surface area contributed by atoms with Gasteiger partial charge < -0.3 is 20.3 Å². The number of nitrogens with zero attached hydrogens (tertiary/aromatic N) is 3. The quantitative estimate of drug-likeness (QED) is 0.902. The largest absolute Gasteiger partial charge is 0.497 e. The molecule has 0 aliphatic carbocycles. The Morgan fingerprint density at radius 2 is 1.79 bits per heavy atom. The number of carbonyl (C=O) groups excluding carboxylic acids is 1. The molecule has 2 heterocycles. The number of ether oxygens (including phenoxy) is 1. The molecule has 1 fully saturated rings. The van der Waals surface area contributed by atoms with E-state index in [9.17, 15) is 4.79 Å². The van der Waals surface area contributed by atoms with Crippen LogP contribution in [0, 0.1) is 0 Å². The van der Waals surface area contributed by atoms with Crippen molar-refractivity contribution in [3.05, 3.63) is 36.7 Å². The fourth-order valence-electron chi connectivity index (χ4n) is 2.64. The predicted octanol–water partition coefficient (Wildman–Crippen LogP) is 3.12. The molecule has 1 aromatic carbocycles. The zero-order chi connectivity index (χ0) is 16.8. The summed E-state index contributed by atoms with van der Waals surface area (Å²) in [5.41, 5.74) is 1.20. The normalized spacial score (nSPS) is 14.1. The molecule has 0 unspecified atom stereocenters. The topological polar surface area (TPSA) is 79.4 Å². The van der Waals surface area contributed by atoms with Gasteiger partial charge in [-0.25, -0.2) is 14.8 Å². The molecule has 24 heavy (non-hydrogen) atoms. The van der Waals surface area contributed by atoms with E-state index >= 15 is 0 Å². The molecule has 0 radical (unpaired) electrons. The van der Waals surface area contributed by atoms with E-state index in [1.165, 1.54) is 19.3 Å². The van der Waals surface area contributed by atoms with Crippen LogP contribution < -0.4 is 20.3 Å². The van der Waals surface area contributed by atoms with Crippen molar-refractivity contribution in [1.82, 2.24) is 9.97 Å². The van der Waals surface area contributed by atoms with Crippen molar-refractivity contribution in [2.75, 3.05) is 35.7 Å². The first kappa shape index (κ1) is 16.0. The number of anilines is 3. The molecule has 2 amide bonds. The van der Waals surface area contributed by atoms with Crippen molar-refractivity contribution in [2.24, 2.45) is 0 Å². The average Bonchev–Trinajstić information content (AvgIpc) is 2.63. The lowest BCUT2D eigenvalue weighted by Gasteiger charge is -2.26. The van der Waals surface area contributed by atoms with Gasteiger partial charge in [-0.15, -0.1) is 0 Å². The third-order valence-corrected chi connectivity index (χ3v) is 3.86. The van der Waals surface area contributed by atoms with Crippen LogP contribution >= 0.6 is 0 Å². The van der Waals surface area contributed by atoms with Gasteiger partial charge in [0.25, 0.3) is 0 Å². The van der Waals surface area contributed by atoms with E-state index in [4.69, 9.17) is 4.74 Å². The van der Waals surface area contributed by atoms with Crippen molar-refractivity contribution in [2.45, 2.75) is 19.3 Å². The molecule has 7 nitrogen and oxygen atoms in total.